The zero-order valence-electron chi connectivity index (χ0n) is 17.5. The molecule has 0 radical (unpaired) electrons. The lowest BCUT2D eigenvalue weighted by Gasteiger charge is -2.17. The molecule has 170 valence electrons. The second-order valence-corrected chi connectivity index (χ2v) is 7.60. The topological polar surface area (TPSA) is 61.5 Å². The fourth-order valence-electron chi connectivity index (χ4n) is 3.71. The number of benzene rings is 1. The fraction of sp³-hybridized carbons (Fsp3) is 0.364. The maximum absolute atomic E-state index is 12.8. The zero-order valence-corrected chi connectivity index (χ0v) is 17.5. The van der Waals surface area contributed by atoms with Gasteiger partial charge in [0, 0.05) is 48.9 Å². The van der Waals surface area contributed by atoms with Crippen molar-refractivity contribution in [2.24, 2.45) is 7.05 Å². The lowest BCUT2D eigenvalue weighted by atomic mass is 10.1. The first kappa shape index (κ1) is 21.9. The van der Waals surface area contributed by atoms with Crippen LogP contribution >= 0.6 is 0 Å². The molecular formula is C22H23F3N4O3. The Kier molecular flexibility index (Phi) is 6.22. The van der Waals surface area contributed by atoms with Gasteiger partial charge in [0.05, 0.1) is 6.20 Å². The molecule has 0 spiro atoms. The van der Waals surface area contributed by atoms with E-state index in [1.165, 1.54) is 47.7 Å². The van der Waals surface area contributed by atoms with Gasteiger partial charge in [0.1, 0.15) is 18.1 Å². The van der Waals surface area contributed by atoms with E-state index in [1.807, 2.05) is 0 Å². The standard InChI is InChI=1S/C22H23F3N4O3/c1-27-14-16(13-26-27)19-15-29(17-4-6-18(7-5-17)32-22(23,24)25)21(30)12-20(19)31-11-10-28-8-2-3-9-28/h4-7,12-15H,2-3,8-11H2,1H3. The lowest BCUT2D eigenvalue weighted by Crippen LogP contribution is -2.25. The molecule has 0 bridgehead atoms. The number of rotatable bonds is 7. The summed E-state index contributed by atoms with van der Waals surface area (Å²) in [4.78, 5) is 15.1. The summed E-state index contributed by atoms with van der Waals surface area (Å²) in [6.45, 7) is 3.32. The van der Waals surface area contributed by atoms with Crippen molar-refractivity contribution in [3.05, 3.63) is 59.3 Å². The van der Waals surface area contributed by atoms with E-state index >= 15 is 0 Å². The number of pyridine rings is 1. The molecule has 3 heterocycles. The van der Waals surface area contributed by atoms with E-state index in [9.17, 15) is 18.0 Å². The molecule has 1 aromatic carbocycles. The van der Waals surface area contributed by atoms with Crippen molar-refractivity contribution in [2.45, 2.75) is 19.2 Å². The summed E-state index contributed by atoms with van der Waals surface area (Å²) < 4.78 is 50.1. The van der Waals surface area contributed by atoms with E-state index in [2.05, 4.69) is 14.7 Å². The second-order valence-electron chi connectivity index (χ2n) is 7.60. The number of aryl methyl sites for hydroxylation is 1. The van der Waals surface area contributed by atoms with Crippen LogP contribution in [0.25, 0.3) is 16.8 Å². The zero-order chi connectivity index (χ0) is 22.7. The van der Waals surface area contributed by atoms with E-state index in [-0.39, 0.29) is 11.3 Å². The van der Waals surface area contributed by atoms with Gasteiger partial charge in [-0.2, -0.15) is 5.10 Å². The highest BCUT2D eigenvalue weighted by Crippen LogP contribution is 2.30. The normalized spacial score (nSPS) is 14.6. The number of nitrogens with zero attached hydrogens (tertiary/aromatic N) is 4. The van der Waals surface area contributed by atoms with Crippen molar-refractivity contribution in [2.75, 3.05) is 26.2 Å². The second kappa shape index (κ2) is 9.07. The van der Waals surface area contributed by atoms with Gasteiger partial charge in [0.2, 0.25) is 0 Å². The number of ether oxygens (including phenoxy) is 2. The van der Waals surface area contributed by atoms with Crippen molar-refractivity contribution >= 4 is 0 Å². The molecule has 0 saturated carbocycles. The van der Waals surface area contributed by atoms with E-state index < -0.39 is 6.36 Å². The minimum Gasteiger partial charge on any atom is -0.491 e. The Morgan fingerprint density at radius 3 is 2.44 bits per heavy atom. The van der Waals surface area contributed by atoms with Crippen LogP contribution in [0.1, 0.15) is 12.8 Å². The quantitative estimate of drug-likeness (QED) is 0.553. The Balaban J connectivity index is 1.62. The molecule has 0 atom stereocenters. The molecule has 1 fully saturated rings. The van der Waals surface area contributed by atoms with Crippen molar-refractivity contribution < 1.29 is 22.6 Å². The molecule has 0 aliphatic carbocycles. The summed E-state index contributed by atoms with van der Waals surface area (Å²) >= 11 is 0. The number of likely N-dealkylation sites (tertiary alicyclic amines) is 1. The number of hydrogen-bond donors (Lipinski definition) is 0. The van der Waals surface area contributed by atoms with Gasteiger partial charge in [0.25, 0.3) is 5.56 Å². The smallest absolute Gasteiger partial charge is 0.491 e. The van der Waals surface area contributed by atoms with Gasteiger partial charge in [0.15, 0.2) is 0 Å². The van der Waals surface area contributed by atoms with Crippen LogP contribution in [0, 0.1) is 0 Å². The molecule has 2 aromatic heterocycles. The highest BCUT2D eigenvalue weighted by molar-refractivity contribution is 5.68. The predicted octanol–water partition coefficient (Wildman–Crippen LogP) is 3.61. The molecule has 1 aliphatic rings. The van der Waals surface area contributed by atoms with E-state index in [1.54, 1.807) is 30.3 Å². The Labute approximate surface area is 182 Å². The van der Waals surface area contributed by atoms with Gasteiger partial charge in [-0.25, -0.2) is 0 Å². The van der Waals surface area contributed by atoms with Crippen LogP contribution in [0.5, 0.6) is 11.5 Å². The Hall–Kier alpha value is -3.27. The van der Waals surface area contributed by atoms with Gasteiger partial charge < -0.3 is 9.47 Å². The molecular weight excluding hydrogens is 425 g/mol. The van der Waals surface area contributed by atoms with Crippen LogP contribution in [0.3, 0.4) is 0 Å². The molecule has 1 aliphatic heterocycles. The molecule has 0 amide bonds. The third kappa shape index (κ3) is 5.31. The number of halogens is 3. The Morgan fingerprint density at radius 1 is 1.09 bits per heavy atom. The van der Waals surface area contributed by atoms with Gasteiger partial charge in [-0.05, 0) is 50.2 Å². The maximum Gasteiger partial charge on any atom is 0.573 e. The molecule has 4 rings (SSSR count). The summed E-state index contributed by atoms with van der Waals surface area (Å²) in [5, 5.41) is 4.19. The molecule has 0 N–H and O–H groups in total. The molecule has 7 nitrogen and oxygen atoms in total. The number of aromatic nitrogens is 3. The third-order valence-corrected chi connectivity index (χ3v) is 5.24. The monoisotopic (exact) mass is 448 g/mol. The molecule has 0 unspecified atom stereocenters. The summed E-state index contributed by atoms with van der Waals surface area (Å²) in [5.74, 6) is 0.0825. The van der Waals surface area contributed by atoms with E-state index in [0.717, 1.165) is 25.2 Å². The van der Waals surface area contributed by atoms with Crippen molar-refractivity contribution in [3.8, 4) is 28.3 Å². The summed E-state index contributed by atoms with van der Waals surface area (Å²) in [6.07, 6.45) is 2.67. The average molecular weight is 448 g/mol. The Bertz CT molecular complexity index is 1120. The number of alkyl halides is 3. The summed E-state index contributed by atoms with van der Waals surface area (Å²) in [7, 11) is 1.78. The highest BCUT2D eigenvalue weighted by atomic mass is 19.4. The summed E-state index contributed by atoms with van der Waals surface area (Å²) in [6, 6.07) is 6.51. The average Bonchev–Trinajstić information content (AvgIpc) is 3.40. The summed E-state index contributed by atoms with van der Waals surface area (Å²) in [5.41, 5.74) is 1.46. The Morgan fingerprint density at radius 2 is 1.81 bits per heavy atom. The van der Waals surface area contributed by atoms with Crippen molar-refractivity contribution in [1.29, 1.82) is 0 Å². The molecule has 1 saturated heterocycles. The van der Waals surface area contributed by atoms with Gasteiger partial charge in [-0.1, -0.05) is 0 Å². The van der Waals surface area contributed by atoms with Gasteiger partial charge in [-0.3, -0.25) is 18.9 Å². The number of hydrogen-bond acceptors (Lipinski definition) is 5. The first-order valence-corrected chi connectivity index (χ1v) is 10.3. The van der Waals surface area contributed by atoms with Crippen LogP contribution < -0.4 is 15.0 Å². The molecule has 32 heavy (non-hydrogen) atoms. The SMILES string of the molecule is Cn1cc(-c2cn(-c3ccc(OC(F)(F)F)cc3)c(=O)cc2OCCN2CCCC2)cn1. The van der Waals surface area contributed by atoms with Crippen LogP contribution in [0.4, 0.5) is 13.2 Å². The van der Waals surface area contributed by atoms with Gasteiger partial charge in [-0.15, -0.1) is 13.2 Å². The van der Waals surface area contributed by atoms with Crippen LogP contribution in [0.15, 0.2) is 53.7 Å². The van der Waals surface area contributed by atoms with Crippen molar-refractivity contribution in [1.82, 2.24) is 19.2 Å². The lowest BCUT2D eigenvalue weighted by molar-refractivity contribution is -0.274. The van der Waals surface area contributed by atoms with Crippen molar-refractivity contribution in [3.63, 3.8) is 0 Å². The maximum atomic E-state index is 12.8. The highest BCUT2D eigenvalue weighted by Gasteiger charge is 2.31. The largest absolute Gasteiger partial charge is 0.573 e. The molecule has 3 aromatic rings. The fourth-order valence-corrected chi connectivity index (χ4v) is 3.71. The first-order valence-electron chi connectivity index (χ1n) is 10.3. The van der Waals surface area contributed by atoms with Crippen LogP contribution in [-0.2, 0) is 7.05 Å². The minimum absolute atomic E-state index is 0.358. The molecule has 10 heteroatoms. The van der Waals surface area contributed by atoms with Crippen LogP contribution in [-0.4, -0.2) is 51.9 Å². The third-order valence-electron chi connectivity index (χ3n) is 5.24. The predicted molar refractivity (Wildman–Crippen MR) is 112 cm³/mol. The van der Waals surface area contributed by atoms with Gasteiger partial charge >= 0.3 is 6.36 Å². The van der Waals surface area contributed by atoms with E-state index in [4.69, 9.17) is 4.74 Å². The minimum atomic E-state index is -4.78. The van der Waals surface area contributed by atoms with E-state index in [0.29, 0.717) is 23.6 Å². The first-order chi connectivity index (χ1) is 15.3. The van der Waals surface area contributed by atoms with Crippen LogP contribution in [0.2, 0.25) is 0 Å².